The molecule has 1 unspecified atom stereocenters. The van der Waals surface area contributed by atoms with Crippen molar-refractivity contribution in [2.75, 3.05) is 0 Å². The minimum atomic E-state index is -4.66. The van der Waals surface area contributed by atoms with Crippen molar-refractivity contribution >= 4 is 0 Å². The fraction of sp³-hybridized carbons (Fsp3) is 0.538. The van der Waals surface area contributed by atoms with Gasteiger partial charge in [0.05, 0.1) is 0 Å². The largest absolute Gasteiger partial charge is 0.421 e. The van der Waals surface area contributed by atoms with Crippen LogP contribution in [-0.4, -0.2) is 11.3 Å². The molecule has 0 saturated heterocycles. The third-order valence-electron chi connectivity index (χ3n) is 2.98. The summed E-state index contributed by atoms with van der Waals surface area (Å²) < 4.78 is 38.2. The first kappa shape index (κ1) is 14.0. The zero-order valence-corrected chi connectivity index (χ0v) is 10.2. The van der Waals surface area contributed by atoms with E-state index in [9.17, 15) is 18.3 Å². The van der Waals surface area contributed by atoms with Crippen molar-refractivity contribution in [2.45, 2.75) is 45.4 Å². The number of aliphatic hydroxyl groups is 1. The van der Waals surface area contributed by atoms with Crippen LogP contribution in [-0.2, 0) is 18.4 Å². The molecule has 1 aromatic carbocycles. The van der Waals surface area contributed by atoms with Crippen molar-refractivity contribution in [2.24, 2.45) is 0 Å². The highest BCUT2D eigenvalue weighted by molar-refractivity contribution is 5.34. The summed E-state index contributed by atoms with van der Waals surface area (Å²) in [5.41, 5.74) is -1.25. The second kappa shape index (κ2) is 4.69. The van der Waals surface area contributed by atoms with Gasteiger partial charge in [-0.05, 0) is 36.5 Å². The van der Waals surface area contributed by atoms with Crippen molar-refractivity contribution in [3.63, 3.8) is 0 Å². The smallest absolute Gasteiger partial charge is 0.376 e. The predicted molar refractivity (Wildman–Crippen MR) is 60.8 cm³/mol. The molecule has 0 heterocycles. The van der Waals surface area contributed by atoms with Crippen molar-refractivity contribution in [3.05, 3.63) is 34.9 Å². The Bertz CT molecular complexity index is 372. The van der Waals surface area contributed by atoms with E-state index in [-0.39, 0.29) is 5.56 Å². The lowest BCUT2D eigenvalue weighted by Crippen LogP contribution is -2.39. The molecular weight excluding hydrogens is 229 g/mol. The van der Waals surface area contributed by atoms with Gasteiger partial charge >= 0.3 is 6.18 Å². The van der Waals surface area contributed by atoms with Gasteiger partial charge in [0.1, 0.15) is 0 Å². The molecule has 0 amide bonds. The Morgan fingerprint density at radius 3 is 1.71 bits per heavy atom. The molecule has 1 aromatic rings. The maximum Gasteiger partial charge on any atom is 0.421 e. The highest BCUT2D eigenvalue weighted by atomic mass is 19.4. The molecule has 0 aliphatic rings. The van der Waals surface area contributed by atoms with E-state index in [2.05, 4.69) is 0 Å². The first-order chi connectivity index (χ1) is 7.72. The highest BCUT2D eigenvalue weighted by Crippen LogP contribution is 2.39. The van der Waals surface area contributed by atoms with Gasteiger partial charge in [-0.3, -0.25) is 0 Å². The number of hydrogen-bond donors (Lipinski definition) is 1. The molecule has 1 atom stereocenters. The summed E-state index contributed by atoms with van der Waals surface area (Å²) in [7, 11) is 0. The Hall–Kier alpha value is -1.03. The third kappa shape index (κ3) is 2.80. The molecule has 0 bridgehead atoms. The van der Waals surface area contributed by atoms with Crippen LogP contribution in [0.2, 0.25) is 0 Å². The van der Waals surface area contributed by atoms with Crippen LogP contribution in [0.4, 0.5) is 13.2 Å². The fourth-order valence-electron chi connectivity index (χ4n) is 1.62. The molecule has 0 aliphatic heterocycles. The van der Waals surface area contributed by atoms with Gasteiger partial charge in [0.2, 0.25) is 0 Å². The van der Waals surface area contributed by atoms with E-state index in [1.807, 2.05) is 19.9 Å². The average Bonchev–Trinajstić information content (AvgIpc) is 2.26. The summed E-state index contributed by atoms with van der Waals surface area (Å²) in [5.74, 6) is 0. The predicted octanol–water partition coefficient (Wildman–Crippen LogP) is 3.58. The number of alkyl halides is 3. The normalized spacial score (nSPS) is 15.7. The van der Waals surface area contributed by atoms with Gasteiger partial charge in [0.15, 0.2) is 5.60 Å². The van der Waals surface area contributed by atoms with Crippen molar-refractivity contribution < 1.29 is 18.3 Å². The summed E-state index contributed by atoms with van der Waals surface area (Å²) >= 11 is 0. The molecule has 0 saturated carbocycles. The number of aryl methyl sites for hydroxylation is 2. The van der Waals surface area contributed by atoms with E-state index in [1.54, 1.807) is 0 Å². The zero-order valence-electron chi connectivity index (χ0n) is 10.2. The Kier molecular flexibility index (Phi) is 3.87. The monoisotopic (exact) mass is 246 g/mol. The molecule has 17 heavy (non-hydrogen) atoms. The van der Waals surface area contributed by atoms with E-state index in [4.69, 9.17) is 0 Å². The van der Waals surface area contributed by atoms with Crippen LogP contribution in [0.5, 0.6) is 0 Å². The molecule has 1 N–H and O–H groups in total. The van der Waals surface area contributed by atoms with Gasteiger partial charge < -0.3 is 5.11 Å². The van der Waals surface area contributed by atoms with Gasteiger partial charge in [-0.25, -0.2) is 0 Å². The molecule has 0 fully saturated rings. The average molecular weight is 246 g/mol. The van der Waals surface area contributed by atoms with E-state index >= 15 is 0 Å². The Balaban J connectivity index is 3.30. The number of rotatable bonds is 3. The van der Waals surface area contributed by atoms with Crippen LogP contribution < -0.4 is 0 Å². The lowest BCUT2D eigenvalue weighted by molar-refractivity contribution is -0.258. The van der Waals surface area contributed by atoms with Crippen molar-refractivity contribution in [3.8, 4) is 0 Å². The molecular formula is C13H17F3O. The summed E-state index contributed by atoms with van der Waals surface area (Å²) in [6.45, 7) is 4.54. The second-order valence-corrected chi connectivity index (χ2v) is 4.32. The van der Waals surface area contributed by atoms with Crippen molar-refractivity contribution in [1.82, 2.24) is 0 Å². The molecule has 4 heteroatoms. The van der Waals surface area contributed by atoms with Gasteiger partial charge in [0.25, 0.3) is 0 Å². The lowest BCUT2D eigenvalue weighted by Gasteiger charge is -2.27. The maximum atomic E-state index is 12.7. The van der Waals surface area contributed by atoms with E-state index in [1.165, 1.54) is 12.1 Å². The standard InChI is InChI=1S/C13H17F3O/c1-4-9-6-10(5-2)8-11(7-9)12(3,17)13(14,15)16/h6-8,17H,4-5H2,1-3H3. The molecule has 1 rings (SSSR count). The summed E-state index contributed by atoms with van der Waals surface area (Å²) in [6.07, 6.45) is -3.37. The van der Waals surface area contributed by atoms with Crippen LogP contribution in [0.25, 0.3) is 0 Å². The Morgan fingerprint density at radius 2 is 1.41 bits per heavy atom. The SMILES string of the molecule is CCc1cc(CC)cc(C(C)(O)C(F)(F)F)c1. The van der Waals surface area contributed by atoms with Crippen LogP contribution >= 0.6 is 0 Å². The third-order valence-corrected chi connectivity index (χ3v) is 2.98. The number of hydrogen-bond acceptors (Lipinski definition) is 1. The van der Waals surface area contributed by atoms with Gasteiger partial charge in [-0.15, -0.1) is 0 Å². The topological polar surface area (TPSA) is 20.2 Å². The number of benzene rings is 1. The van der Waals surface area contributed by atoms with E-state index in [0.717, 1.165) is 18.1 Å². The van der Waals surface area contributed by atoms with Crippen LogP contribution in [0.15, 0.2) is 18.2 Å². The first-order valence-electron chi connectivity index (χ1n) is 5.64. The maximum absolute atomic E-state index is 12.7. The number of halogens is 3. The minimum absolute atomic E-state index is 0.0822. The van der Waals surface area contributed by atoms with Crippen LogP contribution in [0.3, 0.4) is 0 Å². The van der Waals surface area contributed by atoms with Gasteiger partial charge in [0, 0.05) is 0 Å². The lowest BCUT2D eigenvalue weighted by atomic mass is 9.91. The highest BCUT2D eigenvalue weighted by Gasteiger charge is 2.51. The molecule has 0 spiro atoms. The molecule has 0 aliphatic carbocycles. The summed E-state index contributed by atoms with van der Waals surface area (Å²) in [6, 6.07) is 4.72. The minimum Gasteiger partial charge on any atom is -0.376 e. The second-order valence-electron chi connectivity index (χ2n) is 4.32. The van der Waals surface area contributed by atoms with Gasteiger partial charge in [-0.2, -0.15) is 13.2 Å². The molecule has 0 aromatic heterocycles. The van der Waals surface area contributed by atoms with Crippen LogP contribution in [0, 0.1) is 0 Å². The summed E-state index contributed by atoms with van der Waals surface area (Å²) in [4.78, 5) is 0. The Labute approximate surface area is 99.3 Å². The fourth-order valence-corrected chi connectivity index (χ4v) is 1.62. The molecule has 96 valence electrons. The molecule has 0 radical (unpaired) electrons. The Morgan fingerprint density at radius 1 is 1.00 bits per heavy atom. The zero-order chi connectivity index (χ0) is 13.3. The van der Waals surface area contributed by atoms with Crippen molar-refractivity contribution in [1.29, 1.82) is 0 Å². The first-order valence-corrected chi connectivity index (χ1v) is 5.64. The quantitative estimate of drug-likeness (QED) is 0.864. The van der Waals surface area contributed by atoms with E-state index in [0.29, 0.717) is 12.8 Å². The van der Waals surface area contributed by atoms with Gasteiger partial charge in [-0.1, -0.05) is 32.0 Å². The molecule has 1 nitrogen and oxygen atoms in total. The van der Waals surface area contributed by atoms with Crippen LogP contribution in [0.1, 0.15) is 37.5 Å². The summed E-state index contributed by atoms with van der Waals surface area (Å²) in [5, 5.41) is 9.64. The van der Waals surface area contributed by atoms with E-state index < -0.39 is 11.8 Å².